The number of nitrogens with zero attached hydrogens (tertiary/aromatic N) is 1. The van der Waals surface area contributed by atoms with Gasteiger partial charge in [-0.3, -0.25) is 4.79 Å². The number of hydrogen-bond donors (Lipinski definition) is 1. The van der Waals surface area contributed by atoms with Gasteiger partial charge >= 0.3 is 12.0 Å². The lowest BCUT2D eigenvalue weighted by Crippen LogP contribution is -2.46. The van der Waals surface area contributed by atoms with Crippen molar-refractivity contribution in [2.24, 2.45) is 5.92 Å². The molecule has 1 heterocycles. The molecule has 5 heteroatoms. The Bertz CT molecular complexity index is 651. The number of fused-ring (bicyclic) bond motifs is 1. The van der Waals surface area contributed by atoms with E-state index in [0.29, 0.717) is 32.5 Å². The number of carbonyl (C=O) groups is 2. The molecule has 0 radical (unpaired) electrons. The molecule has 1 aliphatic heterocycles. The molecule has 0 bridgehead atoms. The van der Waals surface area contributed by atoms with Crippen LogP contribution < -0.4 is 5.32 Å². The van der Waals surface area contributed by atoms with Crippen molar-refractivity contribution in [2.75, 3.05) is 19.7 Å². The maximum absolute atomic E-state index is 12.6. The molecular weight excluding hydrogens is 328 g/mol. The zero-order chi connectivity index (χ0) is 18.5. The molecule has 1 N–H and O–H groups in total. The van der Waals surface area contributed by atoms with Crippen LogP contribution >= 0.6 is 0 Å². The summed E-state index contributed by atoms with van der Waals surface area (Å²) in [5.41, 5.74) is 4.06. The molecule has 1 aliphatic carbocycles. The van der Waals surface area contributed by atoms with Crippen LogP contribution in [0.5, 0.6) is 0 Å². The number of amides is 2. The molecule has 0 aromatic heterocycles. The Balaban J connectivity index is 1.53. The van der Waals surface area contributed by atoms with Gasteiger partial charge in [0.1, 0.15) is 0 Å². The second kappa shape index (κ2) is 8.56. The van der Waals surface area contributed by atoms with E-state index in [9.17, 15) is 9.59 Å². The van der Waals surface area contributed by atoms with Crippen molar-refractivity contribution < 1.29 is 14.3 Å². The van der Waals surface area contributed by atoms with Gasteiger partial charge in [-0.1, -0.05) is 18.2 Å². The lowest BCUT2D eigenvalue weighted by molar-refractivity contribution is -0.149. The van der Waals surface area contributed by atoms with Gasteiger partial charge in [-0.05, 0) is 69.1 Å². The van der Waals surface area contributed by atoms with Gasteiger partial charge in [-0.2, -0.15) is 0 Å². The second-order valence-corrected chi connectivity index (χ2v) is 7.42. The van der Waals surface area contributed by atoms with Gasteiger partial charge in [-0.25, -0.2) is 4.79 Å². The summed E-state index contributed by atoms with van der Waals surface area (Å²) in [6.07, 6.45) is 6.21. The number of rotatable bonds is 4. The predicted molar refractivity (Wildman–Crippen MR) is 101 cm³/mol. The number of aryl methyl sites for hydroxylation is 2. The molecule has 2 amide bonds. The van der Waals surface area contributed by atoms with E-state index >= 15 is 0 Å². The number of benzene rings is 1. The number of nitrogens with one attached hydrogen (secondary N) is 1. The average Bonchev–Trinajstić information content (AvgIpc) is 2.67. The molecule has 1 unspecified atom stereocenters. The zero-order valence-electron chi connectivity index (χ0n) is 15.9. The van der Waals surface area contributed by atoms with Crippen LogP contribution in [0.1, 0.15) is 62.3 Å². The molecular formula is C21H30N2O3. The summed E-state index contributed by atoms with van der Waals surface area (Å²) in [7, 11) is 0. The molecule has 1 aromatic rings. The van der Waals surface area contributed by atoms with Crippen molar-refractivity contribution in [3.63, 3.8) is 0 Å². The Morgan fingerprint density at radius 1 is 1.19 bits per heavy atom. The van der Waals surface area contributed by atoms with Crippen LogP contribution in [0.25, 0.3) is 0 Å². The van der Waals surface area contributed by atoms with Gasteiger partial charge in [0.25, 0.3) is 0 Å². The van der Waals surface area contributed by atoms with Crippen LogP contribution in [0.4, 0.5) is 4.79 Å². The fraction of sp³-hybridized carbons (Fsp3) is 0.619. The number of ether oxygens (including phenoxy) is 1. The average molecular weight is 358 g/mol. The summed E-state index contributed by atoms with van der Waals surface area (Å²) >= 11 is 0. The summed E-state index contributed by atoms with van der Waals surface area (Å²) in [5, 5.41) is 3.11. The summed E-state index contributed by atoms with van der Waals surface area (Å²) in [6, 6.07) is 6.56. The molecule has 2 aliphatic rings. The third-order valence-electron chi connectivity index (χ3n) is 5.61. The number of piperidine rings is 1. The largest absolute Gasteiger partial charge is 0.466 e. The number of esters is 1. The molecule has 0 spiro atoms. The smallest absolute Gasteiger partial charge is 0.317 e. The number of hydrogen-bond acceptors (Lipinski definition) is 3. The molecule has 26 heavy (non-hydrogen) atoms. The first-order valence-corrected chi connectivity index (χ1v) is 9.92. The quantitative estimate of drug-likeness (QED) is 0.837. The first-order chi connectivity index (χ1) is 12.6. The van der Waals surface area contributed by atoms with Crippen LogP contribution in [0.15, 0.2) is 18.2 Å². The number of carbonyl (C=O) groups excluding carboxylic acids is 2. The monoisotopic (exact) mass is 358 g/mol. The van der Waals surface area contributed by atoms with Gasteiger partial charge < -0.3 is 15.0 Å². The highest BCUT2D eigenvalue weighted by molar-refractivity contribution is 5.76. The molecule has 142 valence electrons. The Hall–Kier alpha value is -2.04. The van der Waals surface area contributed by atoms with Crippen molar-refractivity contribution >= 4 is 12.0 Å². The Morgan fingerprint density at radius 2 is 1.88 bits per heavy atom. The van der Waals surface area contributed by atoms with E-state index in [0.717, 1.165) is 6.42 Å². The van der Waals surface area contributed by atoms with Gasteiger partial charge in [0, 0.05) is 13.1 Å². The fourth-order valence-corrected chi connectivity index (χ4v) is 3.96. The third-order valence-corrected chi connectivity index (χ3v) is 5.61. The highest BCUT2D eigenvalue weighted by atomic mass is 16.5. The topological polar surface area (TPSA) is 58.6 Å². The van der Waals surface area contributed by atoms with E-state index in [-0.39, 0.29) is 24.0 Å². The SMILES string of the molecule is CCOC(=O)C1CCN(C(=O)NC(C)c2ccc3c(c2)CCCC3)CC1. The Labute approximate surface area is 156 Å². The van der Waals surface area contributed by atoms with Crippen LogP contribution in [-0.2, 0) is 22.4 Å². The Kier molecular flexibility index (Phi) is 6.17. The van der Waals surface area contributed by atoms with Crippen molar-refractivity contribution in [2.45, 2.75) is 58.4 Å². The van der Waals surface area contributed by atoms with E-state index in [1.807, 2.05) is 18.7 Å². The minimum absolute atomic E-state index is 0.0162. The van der Waals surface area contributed by atoms with Gasteiger partial charge in [-0.15, -0.1) is 0 Å². The second-order valence-electron chi connectivity index (χ2n) is 7.42. The lowest BCUT2D eigenvalue weighted by atomic mass is 9.89. The van der Waals surface area contributed by atoms with E-state index < -0.39 is 0 Å². The fourth-order valence-electron chi connectivity index (χ4n) is 3.96. The molecule has 1 fully saturated rings. The van der Waals surface area contributed by atoms with Crippen LogP contribution in [0.2, 0.25) is 0 Å². The van der Waals surface area contributed by atoms with Crippen molar-refractivity contribution in [3.8, 4) is 0 Å². The molecule has 1 atom stereocenters. The third kappa shape index (κ3) is 4.37. The first-order valence-electron chi connectivity index (χ1n) is 9.92. The lowest BCUT2D eigenvalue weighted by Gasteiger charge is -2.32. The minimum atomic E-state index is -0.130. The standard InChI is InChI=1S/C21H30N2O3/c1-3-26-20(24)17-10-12-23(13-11-17)21(25)22-15(2)18-9-8-16-6-4-5-7-19(16)14-18/h8-9,14-15,17H,3-7,10-13H2,1-2H3,(H,22,25). The number of urea groups is 1. The summed E-state index contributed by atoms with van der Waals surface area (Å²) in [4.78, 5) is 26.2. The molecule has 1 aromatic carbocycles. The van der Waals surface area contributed by atoms with Crippen LogP contribution in [0, 0.1) is 5.92 Å². The molecule has 5 nitrogen and oxygen atoms in total. The van der Waals surface area contributed by atoms with E-state index in [4.69, 9.17) is 4.74 Å². The van der Waals surface area contributed by atoms with E-state index in [1.54, 1.807) is 0 Å². The van der Waals surface area contributed by atoms with E-state index in [1.165, 1.54) is 36.0 Å². The zero-order valence-corrected chi connectivity index (χ0v) is 15.9. The highest BCUT2D eigenvalue weighted by Crippen LogP contribution is 2.25. The maximum Gasteiger partial charge on any atom is 0.317 e. The summed E-state index contributed by atoms with van der Waals surface area (Å²) < 4.78 is 5.09. The van der Waals surface area contributed by atoms with Crippen LogP contribution in [-0.4, -0.2) is 36.6 Å². The molecule has 3 rings (SSSR count). The molecule has 1 saturated heterocycles. The highest BCUT2D eigenvalue weighted by Gasteiger charge is 2.28. The van der Waals surface area contributed by atoms with Crippen LogP contribution in [0.3, 0.4) is 0 Å². The summed E-state index contributed by atoms with van der Waals surface area (Å²) in [6.45, 7) is 5.48. The minimum Gasteiger partial charge on any atom is -0.466 e. The normalized spacial score (nSPS) is 18.8. The predicted octanol–water partition coefficient (Wildman–Crippen LogP) is 3.61. The number of likely N-dealkylation sites (tertiary alicyclic amines) is 1. The Morgan fingerprint density at radius 3 is 2.58 bits per heavy atom. The van der Waals surface area contributed by atoms with Crippen molar-refractivity contribution in [1.29, 1.82) is 0 Å². The van der Waals surface area contributed by atoms with Gasteiger partial charge in [0.2, 0.25) is 0 Å². The van der Waals surface area contributed by atoms with Crippen molar-refractivity contribution in [3.05, 3.63) is 34.9 Å². The van der Waals surface area contributed by atoms with Crippen molar-refractivity contribution in [1.82, 2.24) is 10.2 Å². The van der Waals surface area contributed by atoms with Gasteiger partial charge in [0.05, 0.1) is 18.6 Å². The molecule has 0 saturated carbocycles. The van der Waals surface area contributed by atoms with E-state index in [2.05, 4.69) is 23.5 Å². The maximum atomic E-state index is 12.6. The summed E-state index contributed by atoms with van der Waals surface area (Å²) in [5.74, 6) is -0.202. The first kappa shape index (κ1) is 18.7. The van der Waals surface area contributed by atoms with Gasteiger partial charge in [0.15, 0.2) is 0 Å².